The number of nitro benzene ring substituents is 1. The zero-order valence-corrected chi connectivity index (χ0v) is 9.81. The Kier molecular flexibility index (Phi) is 4.66. The van der Waals surface area contributed by atoms with E-state index in [2.05, 4.69) is 4.74 Å². The number of esters is 1. The monoisotopic (exact) mass is 255 g/mol. The first-order valence-electron chi connectivity index (χ1n) is 4.83. The number of benzene rings is 1. The number of carbonyl (C=O) groups excluding carboxylic acids is 1. The van der Waals surface area contributed by atoms with Gasteiger partial charge < -0.3 is 4.74 Å². The molecule has 0 amide bonds. The molecule has 0 unspecified atom stereocenters. The van der Waals surface area contributed by atoms with Gasteiger partial charge in [-0.3, -0.25) is 10.1 Å². The predicted octanol–water partition coefficient (Wildman–Crippen LogP) is 2.74. The van der Waals surface area contributed by atoms with E-state index in [-0.39, 0.29) is 17.3 Å². The lowest BCUT2D eigenvalue weighted by atomic mass is 10.2. The summed E-state index contributed by atoms with van der Waals surface area (Å²) in [5, 5.41) is 10.4. The molecule has 0 N–H and O–H groups in total. The number of hydrogen-bond donors (Lipinski definition) is 0. The van der Waals surface area contributed by atoms with Crippen LogP contribution in [-0.4, -0.2) is 17.5 Å². The number of nitrogens with zero attached hydrogens (tertiary/aromatic N) is 1. The van der Waals surface area contributed by atoms with E-state index in [9.17, 15) is 14.9 Å². The molecule has 0 aliphatic carbocycles. The average molecular weight is 256 g/mol. The minimum Gasteiger partial charge on any atom is -0.462 e. The standard InChI is InChI=1S/C11H10ClNO4/c1-2-17-11(14)10(12)7-8-4-3-5-9(6-8)13(15)16/h3-7H,2H2,1H3/b10-7-. The molecular weight excluding hydrogens is 246 g/mol. The number of nitro groups is 1. The van der Waals surface area contributed by atoms with Crippen LogP contribution in [0.3, 0.4) is 0 Å². The highest BCUT2D eigenvalue weighted by Crippen LogP contribution is 2.17. The molecule has 0 aliphatic rings. The van der Waals surface area contributed by atoms with Crippen molar-refractivity contribution in [1.82, 2.24) is 0 Å². The van der Waals surface area contributed by atoms with Gasteiger partial charge in [0.05, 0.1) is 11.5 Å². The number of ether oxygens (including phenoxy) is 1. The number of non-ortho nitro benzene ring substituents is 1. The first kappa shape index (κ1) is 13.2. The Morgan fingerprint density at radius 1 is 1.59 bits per heavy atom. The molecule has 0 atom stereocenters. The van der Waals surface area contributed by atoms with Gasteiger partial charge in [0.1, 0.15) is 5.03 Å². The van der Waals surface area contributed by atoms with Crippen LogP contribution in [0.1, 0.15) is 12.5 Å². The zero-order valence-electron chi connectivity index (χ0n) is 9.05. The Bertz CT molecular complexity index is 470. The van der Waals surface area contributed by atoms with Gasteiger partial charge in [-0.25, -0.2) is 4.79 Å². The minimum absolute atomic E-state index is 0.0629. The van der Waals surface area contributed by atoms with Crippen LogP contribution in [-0.2, 0) is 9.53 Å². The molecule has 0 saturated heterocycles. The van der Waals surface area contributed by atoms with Crippen LogP contribution < -0.4 is 0 Å². The lowest BCUT2D eigenvalue weighted by Gasteiger charge is -1.99. The van der Waals surface area contributed by atoms with Gasteiger partial charge in [0.15, 0.2) is 0 Å². The molecule has 0 aromatic heterocycles. The normalized spacial score (nSPS) is 11.1. The summed E-state index contributed by atoms with van der Waals surface area (Å²) in [7, 11) is 0. The lowest BCUT2D eigenvalue weighted by Crippen LogP contribution is -2.03. The fourth-order valence-corrected chi connectivity index (χ4v) is 1.31. The maximum Gasteiger partial charge on any atom is 0.349 e. The van der Waals surface area contributed by atoms with Gasteiger partial charge in [-0.05, 0) is 18.6 Å². The largest absolute Gasteiger partial charge is 0.462 e. The highest BCUT2D eigenvalue weighted by Gasteiger charge is 2.09. The molecule has 1 aromatic rings. The Morgan fingerprint density at radius 3 is 2.88 bits per heavy atom. The van der Waals surface area contributed by atoms with E-state index in [0.29, 0.717) is 5.56 Å². The molecule has 5 nitrogen and oxygen atoms in total. The van der Waals surface area contributed by atoms with Crippen molar-refractivity contribution in [2.24, 2.45) is 0 Å². The third kappa shape index (κ3) is 3.88. The van der Waals surface area contributed by atoms with Gasteiger partial charge >= 0.3 is 5.97 Å². The first-order chi connectivity index (χ1) is 8.04. The minimum atomic E-state index is -0.652. The molecule has 17 heavy (non-hydrogen) atoms. The van der Waals surface area contributed by atoms with E-state index in [1.165, 1.54) is 24.3 Å². The molecular formula is C11H10ClNO4. The second-order valence-corrected chi connectivity index (χ2v) is 3.47. The molecule has 0 saturated carbocycles. The molecule has 0 spiro atoms. The van der Waals surface area contributed by atoms with E-state index in [4.69, 9.17) is 11.6 Å². The van der Waals surface area contributed by atoms with Crippen molar-refractivity contribution in [3.63, 3.8) is 0 Å². The summed E-state index contributed by atoms with van der Waals surface area (Å²) in [5.41, 5.74) is 0.407. The Labute approximate surface area is 103 Å². The summed E-state index contributed by atoms with van der Waals surface area (Å²) >= 11 is 5.69. The van der Waals surface area contributed by atoms with E-state index < -0.39 is 10.9 Å². The van der Waals surface area contributed by atoms with E-state index >= 15 is 0 Å². The molecule has 6 heteroatoms. The van der Waals surface area contributed by atoms with Gasteiger partial charge in [-0.15, -0.1) is 0 Å². The Hall–Kier alpha value is -1.88. The predicted molar refractivity (Wildman–Crippen MR) is 63.6 cm³/mol. The lowest BCUT2D eigenvalue weighted by molar-refractivity contribution is -0.384. The highest BCUT2D eigenvalue weighted by atomic mass is 35.5. The Morgan fingerprint density at radius 2 is 2.29 bits per heavy atom. The third-order valence-electron chi connectivity index (χ3n) is 1.84. The number of halogens is 1. The van der Waals surface area contributed by atoms with Crippen LogP contribution in [0, 0.1) is 10.1 Å². The van der Waals surface area contributed by atoms with Crippen LogP contribution in [0.4, 0.5) is 5.69 Å². The molecule has 90 valence electrons. The van der Waals surface area contributed by atoms with Crippen molar-refractivity contribution in [1.29, 1.82) is 0 Å². The van der Waals surface area contributed by atoms with Crippen LogP contribution >= 0.6 is 11.6 Å². The average Bonchev–Trinajstić information content (AvgIpc) is 2.29. The van der Waals surface area contributed by atoms with Crippen LogP contribution in [0.2, 0.25) is 0 Å². The van der Waals surface area contributed by atoms with Crippen molar-refractivity contribution >= 4 is 29.3 Å². The van der Waals surface area contributed by atoms with Gasteiger partial charge in [0, 0.05) is 12.1 Å². The smallest absolute Gasteiger partial charge is 0.349 e. The van der Waals surface area contributed by atoms with Crippen molar-refractivity contribution < 1.29 is 14.5 Å². The van der Waals surface area contributed by atoms with Crippen LogP contribution in [0.25, 0.3) is 6.08 Å². The summed E-state index contributed by atoms with van der Waals surface area (Å²) in [6.45, 7) is 1.88. The van der Waals surface area contributed by atoms with Gasteiger partial charge in [0.25, 0.3) is 5.69 Å². The molecule has 0 radical (unpaired) electrons. The molecule has 0 aliphatic heterocycles. The third-order valence-corrected chi connectivity index (χ3v) is 2.11. The van der Waals surface area contributed by atoms with Gasteiger partial charge in [0.2, 0.25) is 0 Å². The molecule has 0 heterocycles. The van der Waals surface area contributed by atoms with Crippen molar-refractivity contribution in [2.45, 2.75) is 6.92 Å². The summed E-state index contributed by atoms with van der Waals surface area (Å²) in [6, 6.07) is 5.80. The van der Waals surface area contributed by atoms with Crippen molar-refractivity contribution in [2.75, 3.05) is 6.61 Å². The quantitative estimate of drug-likeness (QED) is 0.359. The summed E-state index contributed by atoms with van der Waals surface area (Å²) in [6.07, 6.45) is 1.33. The summed E-state index contributed by atoms with van der Waals surface area (Å²) in [4.78, 5) is 21.2. The summed E-state index contributed by atoms with van der Waals surface area (Å²) < 4.78 is 4.68. The van der Waals surface area contributed by atoms with Crippen LogP contribution in [0.15, 0.2) is 29.3 Å². The Balaban J connectivity index is 2.94. The van der Waals surface area contributed by atoms with Gasteiger partial charge in [-0.2, -0.15) is 0 Å². The van der Waals surface area contributed by atoms with Gasteiger partial charge in [-0.1, -0.05) is 23.7 Å². The van der Waals surface area contributed by atoms with E-state index in [0.717, 1.165) is 0 Å². The second-order valence-electron chi connectivity index (χ2n) is 3.06. The maximum absolute atomic E-state index is 11.2. The molecule has 0 bridgehead atoms. The number of hydrogen-bond acceptors (Lipinski definition) is 4. The molecule has 0 fully saturated rings. The molecule has 1 rings (SSSR count). The van der Waals surface area contributed by atoms with E-state index in [1.807, 2.05) is 0 Å². The highest BCUT2D eigenvalue weighted by molar-refractivity contribution is 6.43. The second kappa shape index (κ2) is 6.00. The van der Waals surface area contributed by atoms with Crippen molar-refractivity contribution in [3.05, 3.63) is 45.0 Å². The fraction of sp³-hybridized carbons (Fsp3) is 0.182. The maximum atomic E-state index is 11.2. The summed E-state index contributed by atoms with van der Waals surface area (Å²) in [5.74, 6) is -0.652. The SMILES string of the molecule is CCOC(=O)/C(Cl)=C/c1cccc([N+](=O)[O-])c1. The first-order valence-corrected chi connectivity index (χ1v) is 5.21. The topological polar surface area (TPSA) is 69.4 Å². The zero-order chi connectivity index (χ0) is 12.8. The number of rotatable bonds is 4. The van der Waals surface area contributed by atoms with Crippen molar-refractivity contribution in [3.8, 4) is 0 Å². The number of carbonyl (C=O) groups is 1. The van der Waals surface area contributed by atoms with E-state index in [1.54, 1.807) is 13.0 Å². The van der Waals surface area contributed by atoms with Crippen LogP contribution in [0.5, 0.6) is 0 Å². The fourth-order valence-electron chi connectivity index (χ4n) is 1.13. The molecule has 1 aromatic carbocycles.